The highest BCUT2D eigenvalue weighted by Crippen LogP contribution is 2.33. The summed E-state index contributed by atoms with van der Waals surface area (Å²) in [6.45, 7) is 0. The van der Waals surface area contributed by atoms with Gasteiger partial charge in [-0.1, -0.05) is 29.8 Å². The summed E-state index contributed by atoms with van der Waals surface area (Å²) in [7, 11) is 0. The molecule has 2 rings (SSSR count). The van der Waals surface area contributed by atoms with Crippen LogP contribution in [0, 0.1) is 6.07 Å². The molecule has 3 heteroatoms. The van der Waals surface area contributed by atoms with E-state index in [1.165, 1.54) is 6.07 Å². The van der Waals surface area contributed by atoms with Gasteiger partial charge in [0.2, 0.25) is 0 Å². The predicted octanol–water partition coefficient (Wildman–Crippen LogP) is 3.22. The van der Waals surface area contributed by atoms with Gasteiger partial charge in [-0.2, -0.15) is 0 Å². The maximum Gasteiger partial charge on any atom is 0.134 e. The maximum absolute atomic E-state index is 9.59. The summed E-state index contributed by atoms with van der Waals surface area (Å²) in [5.74, 6) is 0.162. The Morgan fingerprint density at radius 2 is 1.87 bits per heavy atom. The van der Waals surface area contributed by atoms with E-state index in [0.717, 1.165) is 5.56 Å². The zero-order valence-electron chi connectivity index (χ0n) is 7.74. The topological polar surface area (TPSA) is 40.5 Å². The molecule has 0 atom stereocenters. The van der Waals surface area contributed by atoms with Crippen LogP contribution >= 0.6 is 11.6 Å². The van der Waals surface area contributed by atoms with Crippen molar-refractivity contribution < 1.29 is 10.2 Å². The third-order valence-corrected chi connectivity index (χ3v) is 2.37. The normalized spacial score (nSPS) is 10.2. The fraction of sp³-hybridized carbons (Fsp3) is 0. The van der Waals surface area contributed by atoms with Crippen LogP contribution in [0.15, 0.2) is 36.4 Å². The Hall–Kier alpha value is -1.67. The number of halogens is 1. The van der Waals surface area contributed by atoms with Crippen LogP contribution in [0.3, 0.4) is 0 Å². The van der Waals surface area contributed by atoms with Crippen molar-refractivity contribution in [1.29, 1.82) is 0 Å². The average Bonchev–Trinajstić information content (AvgIpc) is 2.23. The summed E-state index contributed by atoms with van der Waals surface area (Å²) in [5.41, 5.74) is 1.29. The van der Waals surface area contributed by atoms with Crippen LogP contribution in [-0.2, 0) is 0 Å². The summed E-state index contributed by atoms with van der Waals surface area (Å²) < 4.78 is 0. The zero-order chi connectivity index (χ0) is 10.8. The average molecular weight is 220 g/mol. The predicted molar refractivity (Wildman–Crippen MR) is 59.1 cm³/mol. The number of hydrogen-bond acceptors (Lipinski definition) is 2. The van der Waals surface area contributed by atoms with E-state index in [9.17, 15) is 10.2 Å². The van der Waals surface area contributed by atoms with Crippen LogP contribution in [0.5, 0.6) is 11.5 Å². The van der Waals surface area contributed by atoms with Crippen LogP contribution in [0.1, 0.15) is 0 Å². The van der Waals surface area contributed by atoms with Crippen molar-refractivity contribution in [1.82, 2.24) is 0 Å². The Balaban J connectivity index is 2.55. The Kier molecular flexibility index (Phi) is 2.52. The minimum atomic E-state index is 0.0239. The molecule has 1 radical (unpaired) electrons. The van der Waals surface area contributed by atoms with Crippen molar-refractivity contribution >= 4 is 11.6 Å². The van der Waals surface area contributed by atoms with E-state index >= 15 is 0 Å². The lowest BCUT2D eigenvalue weighted by molar-refractivity contribution is 0.474. The molecule has 15 heavy (non-hydrogen) atoms. The second-order valence-electron chi connectivity index (χ2n) is 3.10. The van der Waals surface area contributed by atoms with Crippen molar-refractivity contribution in [3.63, 3.8) is 0 Å². The first-order valence-electron chi connectivity index (χ1n) is 4.37. The van der Waals surface area contributed by atoms with E-state index in [4.69, 9.17) is 11.6 Å². The summed E-state index contributed by atoms with van der Waals surface area (Å²) >= 11 is 5.77. The molecule has 0 fully saturated rings. The smallest absolute Gasteiger partial charge is 0.134 e. The Labute approximate surface area is 92.4 Å². The summed E-state index contributed by atoms with van der Waals surface area (Å²) in [5, 5.41) is 19.1. The molecule has 2 aromatic carbocycles. The number of benzene rings is 2. The molecule has 0 aromatic heterocycles. The van der Waals surface area contributed by atoms with E-state index in [-0.39, 0.29) is 16.5 Å². The molecule has 0 amide bonds. The molecule has 0 unspecified atom stereocenters. The molecule has 0 aliphatic rings. The number of phenols is 2. The largest absolute Gasteiger partial charge is 0.507 e. The van der Waals surface area contributed by atoms with Gasteiger partial charge in [0.15, 0.2) is 0 Å². The van der Waals surface area contributed by atoms with E-state index in [1.54, 1.807) is 30.3 Å². The van der Waals surface area contributed by atoms with Crippen LogP contribution < -0.4 is 0 Å². The second kappa shape index (κ2) is 3.83. The van der Waals surface area contributed by atoms with Crippen LogP contribution in [-0.4, -0.2) is 10.2 Å². The maximum atomic E-state index is 9.59. The molecule has 0 heterocycles. The zero-order valence-corrected chi connectivity index (χ0v) is 8.49. The highest BCUT2D eigenvalue weighted by atomic mass is 35.5. The second-order valence-corrected chi connectivity index (χ2v) is 3.50. The van der Waals surface area contributed by atoms with Crippen LogP contribution in [0.2, 0.25) is 5.02 Å². The number of rotatable bonds is 1. The van der Waals surface area contributed by atoms with Gasteiger partial charge in [-0.15, -0.1) is 0 Å². The van der Waals surface area contributed by atoms with Gasteiger partial charge in [-0.05, 0) is 29.8 Å². The standard InChI is InChI=1S/C12H8ClO2/c13-10-7-8(5-6-12(10)15)9-3-1-2-4-11(9)14/h1-2,4-7,14-15H. The van der Waals surface area contributed by atoms with Crippen molar-refractivity contribution in [2.75, 3.05) is 0 Å². The highest BCUT2D eigenvalue weighted by molar-refractivity contribution is 6.32. The van der Waals surface area contributed by atoms with Gasteiger partial charge in [0.1, 0.15) is 11.5 Å². The van der Waals surface area contributed by atoms with E-state index in [2.05, 4.69) is 6.07 Å². The number of aromatic hydroxyl groups is 2. The third kappa shape index (κ3) is 1.90. The SMILES string of the molecule is Oc1ccc[c]c1-c1ccc(O)c(Cl)c1. The lowest BCUT2D eigenvalue weighted by Crippen LogP contribution is -1.79. The molecule has 0 aliphatic heterocycles. The van der Waals surface area contributed by atoms with Crippen molar-refractivity contribution in [3.05, 3.63) is 47.5 Å². The van der Waals surface area contributed by atoms with Gasteiger partial charge < -0.3 is 10.2 Å². The van der Waals surface area contributed by atoms with Crippen molar-refractivity contribution in [3.8, 4) is 22.6 Å². The molecular weight excluding hydrogens is 212 g/mol. The minimum absolute atomic E-state index is 0.0239. The summed E-state index contributed by atoms with van der Waals surface area (Å²) in [6.07, 6.45) is 0. The van der Waals surface area contributed by atoms with E-state index in [1.807, 2.05) is 0 Å². The summed E-state index contributed by atoms with van der Waals surface area (Å²) in [4.78, 5) is 0. The minimum Gasteiger partial charge on any atom is -0.507 e. The Morgan fingerprint density at radius 3 is 2.53 bits per heavy atom. The Bertz CT molecular complexity index is 495. The molecular formula is C12H8ClO2. The lowest BCUT2D eigenvalue weighted by Gasteiger charge is -2.05. The molecule has 2 N–H and O–H groups in total. The van der Waals surface area contributed by atoms with E-state index in [0.29, 0.717) is 5.56 Å². The van der Waals surface area contributed by atoms with Gasteiger partial charge >= 0.3 is 0 Å². The molecule has 0 saturated carbocycles. The van der Waals surface area contributed by atoms with Gasteiger partial charge in [0.25, 0.3) is 0 Å². The molecule has 2 nitrogen and oxygen atoms in total. The first-order chi connectivity index (χ1) is 7.18. The van der Waals surface area contributed by atoms with Gasteiger partial charge in [-0.3, -0.25) is 0 Å². The molecule has 0 saturated heterocycles. The highest BCUT2D eigenvalue weighted by Gasteiger charge is 2.05. The molecule has 2 aromatic rings. The van der Waals surface area contributed by atoms with E-state index < -0.39 is 0 Å². The fourth-order valence-corrected chi connectivity index (χ4v) is 1.50. The van der Waals surface area contributed by atoms with Crippen LogP contribution in [0.4, 0.5) is 0 Å². The molecule has 0 spiro atoms. The van der Waals surface area contributed by atoms with Crippen molar-refractivity contribution in [2.24, 2.45) is 0 Å². The first kappa shape index (κ1) is 9.87. The van der Waals surface area contributed by atoms with Gasteiger partial charge in [0, 0.05) is 5.56 Å². The van der Waals surface area contributed by atoms with Gasteiger partial charge in [-0.25, -0.2) is 0 Å². The Morgan fingerprint density at radius 1 is 1.07 bits per heavy atom. The van der Waals surface area contributed by atoms with Crippen molar-refractivity contribution in [2.45, 2.75) is 0 Å². The lowest BCUT2D eigenvalue weighted by atomic mass is 10.0. The summed E-state index contributed by atoms with van der Waals surface area (Å²) in [6, 6.07) is 12.6. The van der Waals surface area contributed by atoms with Gasteiger partial charge in [0.05, 0.1) is 5.02 Å². The number of hydrogen-bond donors (Lipinski definition) is 2. The third-order valence-electron chi connectivity index (χ3n) is 2.07. The van der Waals surface area contributed by atoms with Crippen LogP contribution in [0.25, 0.3) is 11.1 Å². The first-order valence-corrected chi connectivity index (χ1v) is 4.75. The molecule has 0 bridgehead atoms. The fourth-order valence-electron chi connectivity index (χ4n) is 1.32. The molecule has 0 aliphatic carbocycles. The monoisotopic (exact) mass is 219 g/mol. The number of phenolic OH excluding ortho intramolecular Hbond substituents is 2. The molecule has 75 valence electrons. The quantitative estimate of drug-likeness (QED) is 0.773.